The second-order valence-corrected chi connectivity index (χ2v) is 3.36. The fourth-order valence-electron chi connectivity index (χ4n) is 0.929. The van der Waals surface area contributed by atoms with Gasteiger partial charge in [0.25, 0.3) is 0 Å². The van der Waals surface area contributed by atoms with Gasteiger partial charge in [0.15, 0.2) is 0 Å². The van der Waals surface area contributed by atoms with Gasteiger partial charge in [0.1, 0.15) is 5.82 Å². The highest BCUT2D eigenvalue weighted by Crippen LogP contribution is 2.22. The van der Waals surface area contributed by atoms with Crippen LogP contribution in [0.4, 0.5) is 4.39 Å². The molecule has 0 amide bonds. The summed E-state index contributed by atoms with van der Waals surface area (Å²) < 4.78 is 13.3. The van der Waals surface area contributed by atoms with Gasteiger partial charge in [0, 0.05) is 17.1 Å². The van der Waals surface area contributed by atoms with Crippen LogP contribution in [0, 0.1) is 5.82 Å². The molecule has 2 nitrogen and oxygen atoms in total. The van der Waals surface area contributed by atoms with Crippen LogP contribution in [0.1, 0.15) is 11.6 Å². The average molecular weight is 233 g/mol. The summed E-state index contributed by atoms with van der Waals surface area (Å²) in [5, 5.41) is 0. The largest absolute Gasteiger partial charge is 0.329 e. The molecule has 0 aliphatic carbocycles. The monoisotopic (exact) mass is 232 g/mol. The molecule has 12 heavy (non-hydrogen) atoms. The van der Waals surface area contributed by atoms with Gasteiger partial charge in [-0.05, 0) is 17.7 Å². The molecule has 1 aromatic rings. The summed E-state index contributed by atoms with van der Waals surface area (Å²) in [6, 6.07) is 4.15. The fourth-order valence-corrected chi connectivity index (χ4v) is 1.57. The quantitative estimate of drug-likeness (QED) is 0.814. The first-order chi connectivity index (χ1) is 5.65. The Balaban J connectivity index is 3.01. The Morgan fingerprint density at radius 3 is 2.67 bits per heavy atom. The number of halogens is 2. The molecule has 0 radical (unpaired) electrons. The highest BCUT2D eigenvalue weighted by molar-refractivity contribution is 9.10. The first-order valence-electron chi connectivity index (χ1n) is 3.55. The second kappa shape index (κ2) is 3.98. The minimum atomic E-state index is -0.283. The van der Waals surface area contributed by atoms with Crippen molar-refractivity contribution in [3.63, 3.8) is 0 Å². The lowest BCUT2D eigenvalue weighted by Crippen LogP contribution is -2.21. The molecule has 0 spiro atoms. The fraction of sp³-hybridized carbons (Fsp3) is 0.250. The van der Waals surface area contributed by atoms with Gasteiger partial charge < -0.3 is 11.5 Å². The van der Waals surface area contributed by atoms with E-state index >= 15 is 0 Å². The van der Waals surface area contributed by atoms with Crippen LogP contribution in [0.15, 0.2) is 22.7 Å². The van der Waals surface area contributed by atoms with E-state index < -0.39 is 0 Å². The van der Waals surface area contributed by atoms with E-state index in [0.29, 0.717) is 11.0 Å². The predicted octanol–water partition coefficient (Wildman–Crippen LogP) is 1.55. The maximum absolute atomic E-state index is 12.6. The molecule has 1 aromatic carbocycles. The van der Waals surface area contributed by atoms with E-state index in [4.69, 9.17) is 11.5 Å². The zero-order valence-electron chi connectivity index (χ0n) is 6.43. The average Bonchev–Trinajstić information content (AvgIpc) is 2.03. The van der Waals surface area contributed by atoms with Gasteiger partial charge in [-0.3, -0.25) is 0 Å². The smallest absolute Gasteiger partial charge is 0.124 e. The van der Waals surface area contributed by atoms with Crippen LogP contribution < -0.4 is 11.5 Å². The van der Waals surface area contributed by atoms with Gasteiger partial charge >= 0.3 is 0 Å². The number of nitrogens with two attached hydrogens (primary N) is 2. The Labute approximate surface area is 78.9 Å². The molecule has 0 heterocycles. The van der Waals surface area contributed by atoms with Gasteiger partial charge in [0.2, 0.25) is 0 Å². The third-order valence-corrected chi connectivity index (χ3v) is 2.30. The second-order valence-electron chi connectivity index (χ2n) is 2.51. The van der Waals surface area contributed by atoms with Gasteiger partial charge in [-0.2, -0.15) is 0 Å². The number of benzene rings is 1. The SMILES string of the molecule is NCC(N)c1ccc(F)cc1Br. The predicted molar refractivity (Wildman–Crippen MR) is 50.1 cm³/mol. The van der Waals surface area contributed by atoms with Gasteiger partial charge in [-0.1, -0.05) is 22.0 Å². The van der Waals surface area contributed by atoms with Crippen LogP contribution in [0.3, 0.4) is 0 Å². The Morgan fingerprint density at radius 1 is 1.50 bits per heavy atom. The Kier molecular flexibility index (Phi) is 3.20. The first kappa shape index (κ1) is 9.64. The minimum Gasteiger partial charge on any atom is -0.329 e. The molecule has 0 fully saturated rings. The molecule has 0 bridgehead atoms. The summed E-state index contributed by atoms with van der Waals surface area (Å²) in [4.78, 5) is 0. The minimum absolute atomic E-state index is 0.236. The highest BCUT2D eigenvalue weighted by Gasteiger charge is 2.07. The van der Waals surface area contributed by atoms with Crippen LogP contribution in [-0.4, -0.2) is 6.54 Å². The molecular formula is C8H10BrFN2. The zero-order chi connectivity index (χ0) is 9.14. The van der Waals surface area contributed by atoms with E-state index in [9.17, 15) is 4.39 Å². The lowest BCUT2D eigenvalue weighted by atomic mass is 10.1. The molecule has 4 N–H and O–H groups in total. The molecule has 1 rings (SSSR count). The number of hydrogen-bond acceptors (Lipinski definition) is 2. The van der Waals surface area contributed by atoms with E-state index in [2.05, 4.69) is 15.9 Å². The number of rotatable bonds is 2. The van der Waals surface area contributed by atoms with Crippen molar-refractivity contribution in [2.75, 3.05) is 6.54 Å². The molecule has 0 aliphatic heterocycles. The van der Waals surface area contributed by atoms with E-state index in [1.165, 1.54) is 12.1 Å². The standard InChI is InChI=1S/C8H10BrFN2/c9-7-3-5(10)1-2-6(7)8(12)4-11/h1-3,8H,4,11-12H2. The summed E-state index contributed by atoms with van der Waals surface area (Å²) in [7, 11) is 0. The molecule has 0 aliphatic rings. The zero-order valence-corrected chi connectivity index (χ0v) is 8.01. The molecule has 0 aromatic heterocycles. The highest BCUT2D eigenvalue weighted by atomic mass is 79.9. The normalized spacial score (nSPS) is 13.0. The molecule has 1 atom stereocenters. The van der Waals surface area contributed by atoms with E-state index in [1.54, 1.807) is 6.07 Å². The summed E-state index contributed by atoms with van der Waals surface area (Å²) >= 11 is 3.21. The Morgan fingerprint density at radius 2 is 2.17 bits per heavy atom. The van der Waals surface area contributed by atoms with Crippen LogP contribution in [0.25, 0.3) is 0 Å². The van der Waals surface area contributed by atoms with Crippen LogP contribution >= 0.6 is 15.9 Å². The van der Waals surface area contributed by atoms with Crippen LogP contribution in [0.2, 0.25) is 0 Å². The molecule has 1 unspecified atom stereocenters. The van der Waals surface area contributed by atoms with Crippen molar-refractivity contribution in [3.05, 3.63) is 34.1 Å². The van der Waals surface area contributed by atoms with Gasteiger partial charge in [0.05, 0.1) is 0 Å². The maximum Gasteiger partial charge on any atom is 0.124 e. The first-order valence-corrected chi connectivity index (χ1v) is 4.35. The van der Waals surface area contributed by atoms with Crippen molar-refractivity contribution in [3.8, 4) is 0 Å². The Bertz CT molecular complexity index is 278. The molecular weight excluding hydrogens is 223 g/mol. The van der Waals surface area contributed by atoms with Crippen molar-refractivity contribution in [2.24, 2.45) is 11.5 Å². The van der Waals surface area contributed by atoms with Crippen molar-refractivity contribution >= 4 is 15.9 Å². The van der Waals surface area contributed by atoms with Gasteiger partial charge in [-0.25, -0.2) is 4.39 Å². The van der Waals surface area contributed by atoms with Crippen molar-refractivity contribution < 1.29 is 4.39 Å². The van der Waals surface area contributed by atoms with E-state index in [0.717, 1.165) is 5.56 Å². The third kappa shape index (κ3) is 2.03. The maximum atomic E-state index is 12.6. The summed E-state index contributed by atoms with van der Waals surface area (Å²) in [5.74, 6) is -0.283. The van der Waals surface area contributed by atoms with Gasteiger partial charge in [-0.15, -0.1) is 0 Å². The molecule has 0 saturated carbocycles. The summed E-state index contributed by atoms with van der Waals surface area (Å²) in [6.07, 6.45) is 0. The van der Waals surface area contributed by atoms with E-state index in [1.807, 2.05) is 0 Å². The summed E-state index contributed by atoms with van der Waals surface area (Å²) in [5.41, 5.74) is 11.9. The van der Waals surface area contributed by atoms with Crippen molar-refractivity contribution in [1.29, 1.82) is 0 Å². The van der Waals surface area contributed by atoms with Crippen molar-refractivity contribution in [1.82, 2.24) is 0 Å². The molecule has 0 saturated heterocycles. The lowest BCUT2D eigenvalue weighted by Gasteiger charge is -2.10. The Hall–Kier alpha value is -0.450. The van der Waals surface area contributed by atoms with Crippen molar-refractivity contribution in [2.45, 2.75) is 6.04 Å². The van der Waals surface area contributed by atoms with Crippen LogP contribution in [-0.2, 0) is 0 Å². The molecule has 66 valence electrons. The molecule has 4 heteroatoms. The number of hydrogen-bond donors (Lipinski definition) is 2. The summed E-state index contributed by atoms with van der Waals surface area (Å²) in [6.45, 7) is 0.351. The van der Waals surface area contributed by atoms with E-state index in [-0.39, 0.29) is 11.9 Å². The third-order valence-electron chi connectivity index (χ3n) is 1.62. The lowest BCUT2D eigenvalue weighted by molar-refractivity contribution is 0.623. The topological polar surface area (TPSA) is 52.0 Å². The van der Waals surface area contributed by atoms with Crippen LogP contribution in [0.5, 0.6) is 0 Å².